The standard InChI is InChI=1S/C8H7NO.C4H9N/c1-2-4-8-7(3-1)5-6-9-10-8;1-2-4-5-3-1/h1-6,9H;5H,1-4H2. The zero-order valence-corrected chi connectivity index (χ0v) is 8.70. The van der Waals surface area contributed by atoms with Gasteiger partial charge in [-0.3, -0.25) is 0 Å². The average Bonchev–Trinajstić information content (AvgIpc) is 2.88. The zero-order valence-electron chi connectivity index (χ0n) is 8.70. The van der Waals surface area contributed by atoms with Crippen LogP contribution in [-0.4, -0.2) is 13.1 Å². The molecule has 1 aromatic rings. The lowest BCUT2D eigenvalue weighted by Gasteiger charge is -2.11. The van der Waals surface area contributed by atoms with Gasteiger partial charge in [0.15, 0.2) is 5.75 Å². The molecule has 2 aliphatic heterocycles. The molecule has 3 heteroatoms. The van der Waals surface area contributed by atoms with E-state index in [0.717, 1.165) is 11.3 Å². The lowest BCUT2D eigenvalue weighted by atomic mass is 10.2. The fourth-order valence-corrected chi connectivity index (χ4v) is 1.56. The second-order valence-electron chi connectivity index (χ2n) is 3.55. The number of para-hydroxylation sites is 1. The van der Waals surface area contributed by atoms with Gasteiger partial charge < -0.3 is 10.2 Å². The molecule has 0 bridgehead atoms. The Kier molecular flexibility index (Phi) is 3.63. The van der Waals surface area contributed by atoms with Gasteiger partial charge in [-0.25, -0.2) is 5.48 Å². The van der Waals surface area contributed by atoms with Crippen LogP contribution in [0.3, 0.4) is 0 Å². The van der Waals surface area contributed by atoms with Crippen molar-refractivity contribution in [3.05, 3.63) is 36.0 Å². The normalized spacial score (nSPS) is 16.8. The minimum absolute atomic E-state index is 0.880. The summed E-state index contributed by atoms with van der Waals surface area (Å²) in [5.41, 5.74) is 3.77. The quantitative estimate of drug-likeness (QED) is 0.677. The molecule has 0 saturated carbocycles. The van der Waals surface area contributed by atoms with E-state index in [9.17, 15) is 0 Å². The highest BCUT2D eigenvalue weighted by atomic mass is 16.6. The van der Waals surface area contributed by atoms with E-state index in [0.29, 0.717) is 0 Å². The minimum atomic E-state index is 0.880. The van der Waals surface area contributed by atoms with Crippen molar-refractivity contribution in [3.63, 3.8) is 0 Å². The molecular formula is C12H16N2O. The maximum Gasteiger partial charge on any atom is 0.162 e. The molecule has 0 aliphatic carbocycles. The third kappa shape index (κ3) is 2.99. The molecule has 0 radical (unpaired) electrons. The summed E-state index contributed by atoms with van der Waals surface area (Å²) in [6.07, 6.45) is 6.52. The van der Waals surface area contributed by atoms with Gasteiger partial charge in [0.2, 0.25) is 0 Å². The number of hydrogen-bond donors (Lipinski definition) is 2. The monoisotopic (exact) mass is 204 g/mol. The number of fused-ring (bicyclic) bond motifs is 1. The van der Waals surface area contributed by atoms with Crippen molar-refractivity contribution in [3.8, 4) is 5.75 Å². The van der Waals surface area contributed by atoms with Crippen LogP contribution in [0.15, 0.2) is 30.5 Å². The predicted octanol–water partition coefficient (Wildman–Crippen LogP) is 1.92. The molecular weight excluding hydrogens is 188 g/mol. The molecule has 3 nitrogen and oxygen atoms in total. The highest BCUT2D eigenvalue weighted by Gasteiger charge is 2.01. The van der Waals surface area contributed by atoms with E-state index in [2.05, 4.69) is 10.8 Å². The van der Waals surface area contributed by atoms with Crippen LogP contribution in [0.4, 0.5) is 0 Å². The van der Waals surface area contributed by atoms with Crippen LogP contribution >= 0.6 is 0 Å². The Labute approximate surface area is 90.1 Å². The van der Waals surface area contributed by atoms with E-state index in [4.69, 9.17) is 4.84 Å². The smallest absolute Gasteiger partial charge is 0.162 e. The van der Waals surface area contributed by atoms with E-state index in [1.807, 2.05) is 30.3 Å². The predicted molar refractivity (Wildman–Crippen MR) is 61.3 cm³/mol. The number of nitrogens with one attached hydrogen (secondary N) is 2. The molecule has 80 valence electrons. The van der Waals surface area contributed by atoms with Crippen molar-refractivity contribution in [2.45, 2.75) is 12.8 Å². The van der Waals surface area contributed by atoms with Gasteiger partial charge in [-0.1, -0.05) is 18.2 Å². The van der Waals surface area contributed by atoms with Crippen molar-refractivity contribution in [1.82, 2.24) is 10.8 Å². The molecule has 2 N–H and O–H groups in total. The molecule has 1 fully saturated rings. The van der Waals surface area contributed by atoms with Gasteiger partial charge in [0, 0.05) is 11.8 Å². The molecule has 2 heterocycles. The highest BCUT2D eigenvalue weighted by molar-refractivity contribution is 5.57. The Balaban J connectivity index is 0.000000144. The second kappa shape index (κ2) is 5.41. The summed E-state index contributed by atoms with van der Waals surface area (Å²) in [5, 5.41) is 3.22. The molecule has 0 unspecified atom stereocenters. The van der Waals surface area contributed by atoms with Crippen LogP contribution in [0.25, 0.3) is 6.08 Å². The number of hydrogen-bond acceptors (Lipinski definition) is 3. The van der Waals surface area contributed by atoms with Crippen LogP contribution in [0.5, 0.6) is 5.75 Å². The molecule has 0 amide bonds. The Hall–Kier alpha value is -1.48. The van der Waals surface area contributed by atoms with Gasteiger partial charge in [0.05, 0.1) is 0 Å². The summed E-state index contributed by atoms with van der Waals surface area (Å²) >= 11 is 0. The Bertz CT molecular complexity index is 325. The largest absolute Gasteiger partial charge is 0.382 e. The lowest BCUT2D eigenvalue weighted by Crippen LogP contribution is -2.13. The van der Waals surface area contributed by atoms with Crippen molar-refractivity contribution >= 4 is 6.08 Å². The molecule has 0 atom stereocenters. The summed E-state index contributed by atoms with van der Waals surface area (Å²) in [4.78, 5) is 5.09. The molecule has 1 aromatic carbocycles. The molecule has 1 saturated heterocycles. The van der Waals surface area contributed by atoms with E-state index in [1.165, 1.54) is 25.9 Å². The Morgan fingerprint density at radius 2 is 1.87 bits per heavy atom. The average molecular weight is 204 g/mol. The van der Waals surface area contributed by atoms with Crippen molar-refractivity contribution < 1.29 is 4.84 Å². The maximum absolute atomic E-state index is 5.09. The minimum Gasteiger partial charge on any atom is -0.382 e. The zero-order chi connectivity index (χ0) is 10.3. The first kappa shape index (κ1) is 10.1. The van der Waals surface area contributed by atoms with Crippen molar-refractivity contribution in [1.29, 1.82) is 0 Å². The first-order chi connectivity index (χ1) is 7.47. The van der Waals surface area contributed by atoms with Crippen LogP contribution in [0.2, 0.25) is 0 Å². The number of benzene rings is 1. The number of hydroxylamine groups is 1. The van der Waals surface area contributed by atoms with Crippen molar-refractivity contribution in [2.75, 3.05) is 13.1 Å². The van der Waals surface area contributed by atoms with Gasteiger partial charge in [0.25, 0.3) is 0 Å². The van der Waals surface area contributed by atoms with Crippen LogP contribution in [-0.2, 0) is 0 Å². The summed E-state index contributed by atoms with van der Waals surface area (Å²) in [6.45, 7) is 2.50. The van der Waals surface area contributed by atoms with Crippen LogP contribution in [0.1, 0.15) is 18.4 Å². The van der Waals surface area contributed by atoms with Crippen LogP contribution in [0, 0.1) is 0 Å². The highest BCUT2D eigenvalue weighted by Crippen LogP contribution is 2.20. The van der Waals surface area contributed by atoms with E-state index in [-0.39, 0.29) is 0 Å². The summed E-state index contributed by atoms with van der Waals surface area (Å²) < 4.78 is 0. The fraction of sp³-hybridized carbons (Fsp3) is 0.333. The van der Waals surface area contributed by atoms with E-state index < -0.39 is 0 Å². The molecule has 3 rings (SSSR count). The topological polar surface area (TPSA) is 33.3 Å². The van der Waals surface area contributed by atoms with Crippen molar-refractivity contribution in [2.24, 2.45) is 0 Å². The van der Waals surface area contributed by atoms with E-state index in [1.54, 1.807) is 6.20 Å². The van der Waals surface area contributed by atoms with Gasteiger partial charge in [-0.15, -0.1) is 0 Å². The van der Waals surface area contributed by atoms with Gasteiger partial charge in [-0.05, 0) is 38.1 Å². The SMILES string of the molecule is C1=Cc2ccccc2ON1.C1CCNC1. The second-order valence-corrected chi connectivity index (χ2v) is 3.55. The molecule has 0 aromatic heterocycles. The third-order valence-electron chi connectivity index (χ3n) is 2.38. The Morgan fingerprint density at radius 3 is 2.53 bits per heavy atom. The lowest BCUT2D eigenvalue weighted by molar-refractivity contribution is 0.239. The summed E-state index contributed by atoms with van der Waals surface area (Å²) in [6, 6.07) is 7.86. The summed E-state index contributed by atoms with van der Waals surface area (Å²) in [5.74, 6) is 0.880. The van der Waals surface area contributed by atoms with Crippen LogP contribution < -0.4 is 15.6 Å². The fourth-order valence-electron chi connectivity index (χ4n) is 1.56. The Morgan fingerprint density at radius 1 is 1.07 bits per heavy atom. The van der Waals surface area contributed by atoms with Gasteiger partial charge in [0.1, 0.15) is 0 Å². The molecule has 2 aliphatic rings. The number of rotatable bonds is 0. The maximum atomic E-state index is 5.09. The molecule has 0 spiro atoms. The first-order valence-electron chi connectivity index (χ1n) is 5.35. The van der Waals surface area contributed by atoms with Gasteiger partial charge in [-0.2, -0.15) is 0 Å². The van der Waals surface area contributed by atoms with E-state index >= 15 is 0 Å². The molecule has 15 heavy (non-hydrogen) atoms. The van der Waals surface area contributed by atoms with Gasteiger partial charge >= 0.3 is 0 Å². The summed E-state index contributed by atoms with van der Waals surface area (Å²) in [7, 11) is 0. The third-order valence-corrected chi connectivity index (χ3v) is 2.38. The first-order valence-corrected chi connectivity index (χ1v) is 5.35.